The Labute approximate surface area is 156 Å². The minimum atomic E-state index is -3.59. The molecule has 0 spiro atoms. The fourth-order valence-electron chi connectivity index (χ4n) is 3.79. The van der Waals surface area contributed by atoms with Crippen molar-refractivity contribution in [3.05, 3.63) is 29.3 Å². The lowest BCUT2D eigenvalue weighted by molar-refractivity contribution is -0.143. The van der Waals surface area contributed by atoms with Gasteiger partial charge < -0.3 is 9.64 Å². The van der Waals surface area contributed by atoms with Crippen molar-refractivity contribution in [2.75, 3.05) is 19.6 Å². The Morgan fingerprint density at radius 1 is 1.15 bits per heavy atom. The van der Waals surface area contributed by atoms with Crippen molar-refractivity contribution in [2.24, 2.45) is 0 Å². The summed E-state index contributed by atoms with van der Waals surface area (Å²) >= 11 is 0. The number of hydrogen-bond acceptors (Lipinski definition) is 4. The number of amides is 1. The highest BCUT2D eigenvalue weighted by Crippen LogP contribution is 2.24. The van der Waals surface area contributed by atoms with Gasteiger partial charge in [-0.25, -0.2) is 13.1 Å². The number of aryl methyl sites for hydroxylation is 2. The molecule has 0 bridgehead atoms. The minimum Gasteiger partial charge on any atom is -0.372 e. The van der Waals surface area contributed by atoms with E-state index >= 15 is 0 Å². The molecule has 1 amide bonds. The highest BCUT2D eigenvalue weighted by Gasteiger charge is 2.26. The average molecular weight is 381 g/mol. The third kappa shape index (κ3) is 4.64. The first kappa shape index (κ1) is 19.3. The number of fused-ring (bicyclic) bond motifs is 1. The van der Waals surface area contributed by atoms with Crippen molar-refractivity contribution >= 4 is 15.9 Å². The van der Waals surface area contributed by atoms with Crippen LogP contribution in [0.15, 0.2) is 23.1 Å². The van der Waals surface area contributed by atoms with Crippen LogP contribution in [0.25, 0.3) is 0 Å². The second-order valence-corrected chi connectivity index (χ2v) is 9.11. The molecule has 1 saturated heterocycles. The van der Waals surface area contributed by atoms with E-state index < -0.39 is 10.0 Å². The Bertz CT molecular complexity index is 753. The zero-order valence-corrected chi connectivity index (χ0v) is 16.3. The van der Waals surface area contributed by atoms with Crippen molar-refractivity contribution in [1.82, 2.24) is 9.62 Å². The van der Waals surface area contributed by atoms with Gasteiger partial charge in [0.05, 0.1) is 17.1 Å². The van der Waals surface area contributed by atoms with Crippen molar-refractivity contribution in [1.29, 1.82) is 0 Å². The van der Waals surface area contributed by atoms with Gasteiger partial charge in [-0.15, -0.1) is 0 Å². The molecule has 1 aromatic carbocycles. The molecule has 1 fully saturated rings. The maximum Gasteiger partial charge on any atom is 0.240 e. The van der Waals surface area contributed by atoms with E-state index in [2.05, 4.69) is 4.72 Å². The fraction of sp³-hybridized carbons (Fsp3) is 0.632. The third-order valence-corrected chi connectivity index (χ3v) is 6.49. The number of ether oxygens (including phenoxy) is 1. The summed E-state index contributed by atoms with van der Waals surface area (Å²) in [7, 11) is -3.59. The lowest BCUT2D eigenvalue weighted by atomic mass is 9.92. The summed E-state index contributed by atoms with van der Waals surface area (Å²) in [6.07, 6.45) is 4.40. The van der Waals surface area contributed by atoms with E-state index in [0.717, 1.165) is 31.2 Å². The number of hydrogen-bond donors (Lipinski definition) is 1. The van der Waals surface area contributed by atoms with Crippen LogP contribution in [0.2, 0.25) is 0 Å². The van der Waals surface area contributed by atoms with Crippen LogP contribution in [-0.2, 0) is 32.4 Å². The Morgan fingerprint density at radius 2 is 1.81 bits per heavy atom. The summed E-state index contributed by atoms with van der Waals surface area (Å²) in [4.78, 5) is 14.4. The number of rotatable bonds is 5. The van der Waals surface area contributed by atoms with Crippen molar-refractivity contribution in [3.8, 4) is 0 Å². The van der Waals surface area contributed by atoms with Crippen LogP contribution >= 0.6 is 0 Å². The topological polar surface area (TPSA) is 75.7 Å². The maximum absolute atomic E-state index is 12.5. The Balaban J connectivity index is 1.56. The van der Waals surface area contributed by atoms with E-state index in [1.54, 1.807) is 17.0 Å². The standard InChI is InChI=1S/C19H28N2O4S/c1-14-12-21(13-15(2)25-14)19(22)9-10-20-26(23,24)18-8-7-16-5-3-4-6-17(16)11-18/h7-8,11,14-15,20H,3-6,9-10,12-13H2,1-2H3. The van der Waals surface area contributed by atoms with E-state index in [0.29, 0.717) is 18.0 Å². The zero-order valence-electron chi connectivity index (χ0n) is 15.5. The van der Waals surface area contributed by atoms with Gasteiger partial charge in [-0.1, -0.05) is 6.07 Å². The Kier molecular flexibility index (Phi) is 5.99. The second-order valence-electron chi connectivity index (χ2n) is 7.34. The molecule has 1 aliphatic carbocycles. The summed E-state index contributed by atoms with van der Waals surface area (Å²) in [5, 5.41) is 0. The van der Waals surface area contributed by atoms with Crippen LogP contribution in [0, 0.1) is 0 Å². The summed E-state index contributed by atoms with van der Waals surface area (Å²) in [6, 6.07) is 5.37. The van der Waals surface area contributed by atoms with E-state index in [1.165, 1.54) is 5.56 Å². The number of benzene rings is 1. The van der Waals surface area contributed by atoms with E-state index in [1.807, 2.05) is 19.9 Å². The zero-order chi connectivity index (χ0) is 18.7. The van der Waals surface area contributed by atoms with Crippen LogP contribution in [0.5, 0.6) is 0 Å². The van der Waals surface area contributed by atoms with Gasteiger partial charge in [0.25, 0.3) is 0 Å². The third-order valence-electron chi connectivity index (χ3n) is 5.03. The Morgan fingerprint density at radius 3 is 2.50 bits per heavy atom. The predicted octanol–water partition coefficient (Wildman–Crippen LogP) is 1.87. The number of sulfonamides is 1. The first-order chi connectivity index (χ1) is 12.3. The number of carbonyl (C=O) groups excluding carboxylic acids is 1. The largest absolute Gasteiger partial charge is 0.372 e. The molecule has 6 nitrogen and oxygen atoms in total. The summed E-state index contributed by atoms with van der Waals surface area (Å²) in [5.74, 6) is -0.0415. The molecular weight excluding hydrogens is 352 g/mol. The average Bonchev–Trinajstić information content (AvgIpc) is 2.60. The molecule has 2 aliphatic rings. The first-order valence-electron chi connectivity index (χ1n) is 9.40. The molecule has 1 aliphatic heterocycles. The van der Waals surface area contributed by atoms with Crippen LogP contribution in [0.1, 0.15) is 44.2 Å². The molecular formula is C19H28N2O4S. The van der Waals surface area contributed by atoms with Crippen molar-refractivity contribution in [3.63, 3.8) is 0 Å². The molecule has 2 atom stereocenters. The summed E-state index contributed by atoms with van der Waals surface area (Å²) in [6.45, 7) is 5.10. The van der Waals surface area contributed by atoms with Gasteiger partial charge in [-0.3, -0.25) is 4.79 Å². The molecule has 0 aromatic heterocycles. The van der Waals surface area contributed by atoms with E-state index in [4.69, 9.17) is 4.74 Å². The molecule has 7 heteroatoms. The molecule has 1 N–H and O–H groups in total. The van der Waals surface area contributed by atoms with Crippen LogP contribution in [0.4, 0.5) is 0 Å². The van der Waals surface area contributed by atoms with Gasteiger partial charge in [-0.2, -0.15) is 0 Å². The predicted molar refractivity (Wildman–Crippen MR) is 99.5 cm³/mol. The number of carbonyl (C=O) groups is 1. The van der Waals surface area contributed by atoms with E-state index in [9.17, 15) is 13.2 Å². The second kappa shape index (κ2) is 8.06. The van der Waals surface area contributed by atoms with Crippen LogP contribution < -0.4 is 4.72 Å². The molecule has 2 unspecified atom stereocenters. The molecule has 1 heterocycles. The van der Waals surface area contributed by atoms with Crippen LogP contribution in [-0.4, -0.2) is 51.1 Å². The van der Waals surface area contributed by atoms with Gasteiger partial charge in [0.1, 0.15) is 0 Å². The van der Waals surface area contributed by atoms with Crippen molar-refractivity contribution < 1.29 is 17.9 Å². The van der Waals surface area contributed by atoms with E-state index in [-0.39, 0.29) is 31.1 Å². The first-order valence-corrected chi connectivity index (χ1v) is 10.9. The minimum absolute atomic E-state index is 0.00915. The lowest BCUT2D eigenvalue weighted by Gasteiger charge is -2.35. The van der Waals surface area contributed by atoms with Gasteiger partial charge in [0.15, 0.2) is 0 Å². The summed E-state index contributed by atoms with van der Waals surface area (Å²) in [5.41, 5.74) is 2.38. The normalized spacial score (nSPS) is 23.5. The SMILES string of the molecule is CC1CN(C(=O)CCNS(=O)(=O)c2ccc3c(c2)CCCC3)CC(C)O1. The smallest absolute Gasteiger partial charge is 0.240 e. The highest BCUT2D eigenvalue weighted by atomic mass is 32.2. The molecule has 26 heavy (non-hydrogen) atoms. The lowest BCUT2D eigenvalue weighted by Crippen LogP contribution is -2.48. The van der Waals surface area contributed by atoms with Gasteiger partial charge >= 0.3 is 0 Å². The molecule has 1 aromatic rings. The number of morpholine rings is 1. The van der Waals surface area contributed by atoms with Crippen LogP contribution in [0.3, 0.4) is 0 Å². The molecule has 3 rings (SSSR count). The molecule has 0 saturated carbocycles. The number of nitrogens with zero attached hydrogens (tertiary/aromatic N) is 1. The highest BCUT2D eigenvalue weighted by molar-refractivity contribution is 7.89. The number of nitrogens with one attached hydrogen (secondary N) is 1. The van der Waals surface area contributed by atoms with Gasteiger partial charge in [-0.05, 0) is 62.8 Å². The monoisotopic (exact) mass is 380 g/mol. The van der Waals surface area contributed by atoms with Gasteiger partial charge in [0, 0.05) is 26.1 Å². The molecule has 0 radical (unpaired) electrons. The molecule has 144 valence electrons. The van der Waals surface area contributed by atoms with Crippen molar-refractivity contribution in [2.45, 2.75) is 63.1 Å². The fourth-order valence-corrected chi connectivity index (χ4v) is 4.87. The van der Waals surface area contributed by atoms with Gasteiger partial charge in [0.2, 0.25) is 15.9 Å². The maximum atomic E-state index is 12.5. The summed E-state index contributed by atoms with van der Waals surface area (Å²) < 4.78 is 33.2. The quantitative estimate of drug-likeness (QED) is 0.846. The Hall–Kier alpha value is -1.44.